The van der Waals surface area contributed by atoms with Gasteiger partial charge in [0.15, 0.2) is 5.82 Å². The van der Waals surface area contributed by atoms with Crippen LogP contribution in [0.2, 0.25) is 5.02 Å². The molecule has 0 fully saturated rings. The van der Waals surface area contributed by atoms with E-state index in [-0.39, 0.29) is 13.1 Å². The third kappa shape index (κ3) is 10.4. The van der Waals surface area contributed by atoms with Gasteiger partial charge in [-0.2, -0.15) is 18.2 Å². The van der Waals surface area contributed by atoms with Gasteiger partial charge in [0.05, 0.1) is 12.5 Å². The summed E-state index contributed by atoms with van der Waals surface area (Å²) in [7, 11) is -3.31. The predicted molar refractivity (Wildman–Crippen MR) is 147 cm³/mol. The first kappa shape index (κ1) is 31.4. The monoisotopic (exact) mass is 615 g/mol. The Morgan fingerprint density at radius 3 is 2.46 bits per heavy atom. The zero-order valence-electron chi connectivity index (χ0n) is 21.3. The highest BCUT2D eigenvalue weighted by Crippen LogP contribution is 2.29. The number of anilines is 5. The first-order valence-corrected chi connectivity index (χ1v) is 14.0. The largest absolute Gasteiger partial charge is 0.490 e. The molecule has 0 atom stereocenters. The van der Waals surface area contributed by atoms with Gasteiger partial charge in [0.25, 0.3) is 0 Å². The van der Waals surface area contributed by atoms with Crippen molar-refractivity contribution in [1.29, 1.82) is 0 Å². The SMILES string of the molecule is CS(=O)(=O)NCCNC(=O)Nc1ccc2cc1CCc1cccc(c1)Nc1ncc(Cl)c(n1)N2.O=C(O)C(F)(F)F. The molecular formula is C24H25ClF3N7O5S. The summed E-state index contributed by atoms with van der Waals surface area (Å²) in [4.78, 5) is 30.0. The van der Waals surface area contributed by atoms with Crippen molar-refractivity contribution in [2.75, 3.05) is 35.3 Å². The molecule has 2 aromatic carbocycles. The molecule has 2 heterocycles. The number of carbonyl (C=O) groups excluding carboxylic acids is 1. The van der Waals surface area contributed by atoms with E-state index in [0.29, 0.717) is 28.9 Å². The van der Waals surface area contributed by atoms with Crippen molar-refractivity contribution >= 4 is 62.5 Å². The second-order valence-corrected chi connectivity index (χ2v) is 10.8. The second-order valence-electron chi connectivity index (χ2n) is 8.56. The summed E-state index contributed by atoms with van der Waals surface area (Å²) in [6.45, 7) is 0.260. The van der Waals surface area contributed by atoms with Gasteiger partial charge in [-0.1, -0.05) is 23.7 Å². The molecule has 0 saturated carbocycles. The molecule has 12 nitrogen and oxygen atoms in total. The Morgan fingerprint density at radius 2 is 1.78 bits per heavy atom. The first-order valence-electron chi connectivity index (χ1n) is 11.8. The number of rotatable bonds is 5. The number of amides is 2. The minimum absolute atomic E-state index is 0.105. The number of aliphatic carboxylic acids is 1. The predicted octanol–water partition coefficient (Wildman–Crippen LogP) is 4.02. The summed E-state index contributed by atoms with van der Waals surface area (Å²) >= 11 is 6.30. The van der Waals surface area contributed by atoms with Crippen LogP contribution >= 0.6 is 11.6 Å². The Morgan fingerprint density at radius 1 is 1.07 bits per heavy atom. The van der Waals surface area contributed by atoms with E-state index in [1.54, 1.807) is 6.07 Å². The summed E-state index contributed by atoms with van der Waals surface area (Å²) in [6, 6.07) is 13.1. The Labute approximate surface area is 237 Å². The zero-order valence-corrected chi connectivity index (χ0v) is 22.9. The maximum absolute atomic E-state index is 12.4. The van der Waals surface area contributed by atoms with Crippen molar-refractivity contribution in [3.8, 4) is 0 Å². The molecule has 0 spiro atoms. The number of benzene rings is 2. The van der Waals surface area contributed by atoms with Crippen molar-refractivity contribution in [1.82, 2.24) is 20.0 Å². The molecule has 17 heteroatoms. The van der Waals surface area contributed by atoms with E-state index >= 15 is 0 Å². The number of carboxylic acid groups (broad SMARTS) is 1. The van der Waals surface area contributed by atoms with Crippen molar-refractivity contribution in [2.24, 2.45) is 0 Å². The number of halogens is 4. The number of sulfonamides is 1. The lowest BCUT2D eigenvalue weighted by molar-refractivity contribution is -0.192. The molecule has 2 amide bonds. The zero-order chi connectivity index (χ0) is 30.2. The molecule has 1 aliphatic rings. The molecule has 0 saturated heterocycles. The van der Waals surface area contributed by atoms with Crippen LogP contribution in [-0.4, -0.2) is 61.0 Å². The van der Waals surface area contributed by atoms with Crippen LogP contribution in [0, 0.1) is 0 Å². The van der Waals surface area contributed by atoms with E-state index in [0.717, 1.165) is 35.2 Å². The second kappa shape index (κ2) is 13.5. The molecule has 1 aliphatic heterocycles. The van der Waals surface area contributed by atoms with Crippen molar-refractivity contribution in [3.63, 3.8) is 0 Å². The Hall–Kier alpha value is -4.15. The summed E-state index contributed by atoms with van der Waals surface area (Å²) < 4.78 is 56.4. The van der Waals surface area contributed by atoms with Crippen LogP contribution in [-0.2, 0) is 27.7 Å². The molecule has 220 valence electrons. The normalized spacial score (nSPS) is 12.5. The number of alkyl halides is 3. The molecule has 3 aromatic rings. The highest BCUT2D eigenvalue weighted by Gasteiger charge is 2.38. The van der Waals surface area contributed by atoms with E-state index in [1.807, 2.05) is 36.4 Å². The van der Waals surface area contributed by atoms with Gasteiger partial charge in [-0.3, -0.25) is 0 Å². The van der Waals surface area contributed by atoms with Gasteiger partial charge < -0.3 is 26.4 Å². The highest BCUT2D eigenvalue weighted by molar-refractivity contribution is 7.88. The molecule has 0 aliphatic carbocycles. The molecule has 6 bridgehead atoms. The van der Waals surface area contributed by atoms with Crippen molar-refractivity contribution in [3.05, 3.63) is 64.8 Å². The Kier molecular flexibility index (Phi) is 10.3. The number of hydrogen-bond acceptors (Lipinski definition) is 8. The van der Waals surface area contributed by atoms with Crippen LogP contribution in [0.15, 0.2) is 48.7 Å². The Bertz CT molecular complexity index is 1520. The summed E-state index contributed by atoms with van der Waals surface area (Å²) in [6.07, 6.45) is -1.08. The minimum atomic E-state index is -5.08. The maximum atomic E-state index is 12.4. The van der Waals surface area contributed by atoms with Gasteiger partial charge in [-0.05, 0) is 54.3 Å². The number of aryl methyl sites for hydroxylation is 2. The average Bonchev–Trinajstić information content (AvgIpc) is 2.88. The summed E-state index contributed by atoms with van der Waals surface area (Å²) in [5.41, 5.74) is 4.29. The van der Waals surface area contributed by atoms with E-state index in [1.165, 1.54) is 6.20 Å². The number of carboxylic acids is 1. The third-order valence-electron chi connectivity index (χ3n) is 5.24. The fraction of sp³-hybridized carbons (Fsp3) is 0.250. The molecule has 0 unspecified atom stereocenters. The van der Waals surface area contributed by atoms with Gasteiger partial charge in [-0.25, -0.2) is 27.7 Å². The number of carbonyl (C=O) groups is 2. The maximum Gasteiger partial charge on any atom is 0.490 e. The number of nitrogens with zero attached hydrogens (tertiary/aromatic N) is 2. The van der Waals surface area contributed by atoms with Gasteiger partial charge in [0.1, 0.15) is 5.02 Å². The lowest BCUT2D eigenvalue weighted by atomic mass is 10.0. The highest BCUT2D eigenvalue weighted by atomic mass is 35.5. The van der Waals surface area contributed by atoms with Crippen LogP contribution in [0.25, 0.3) is 0 Å². The number of urea groups is 1. The third-order valence-corrected chi connectivity index (χ3v) is 6.25. The number of hydrogen-bond donors (Lipinski definition) is 6. The molecular weight excluding hydrogens is 591 g/mol. The summed E-state index contributed by atoms with van der Waals surface area (Å²) in [5.74, 6) is -1.88. The van der Waals surface area contributed by atoms with E-state index in [2.05, 4.69) is 36.0 Å². The van der Waals surface area contributed by atoms with Crippen LogP contribution in [0.3, 0.4) is 0 Å². The lowest BCUT2D eigenvalue weighted by Crippen LogP contribution is -2.36. The number of fused-ring (bicyclic) bond motifs is 6. The fourth-order valence-corrected chi connectivity index (χ4v) is 4.05. The van der Waals surface area contributed by atoms with Gasteiger partial charge in [0.2, 0.25) is 16.0 Å². The summed E-state index contributed by atoms with van der Waals surface area (Å²) in [5, 5.41) is 19.4. The number of aromatic nitrogens is 2. The number of nitrogens with one attached hydrogen (secondary N) is 5. The van der Waals surface area contributed by atoms with Crippen molar-refractivity contribution in [2.45, 2.75) is 19.0 Å². The minimum Gasteiger partial charge on any atom is -0.475 e. The fourth-order valence-electron chi connectivity index (χ4n) is 3.44. The molecule has 6 N–H and O–H groups in total. The van der Waals surface area contributed by atoms with Gasteiger partial charge >= 0.3 is 18.2 Å². The molecule has 1 aromatic heterocycles. The van der Waals surface area contributed by atoms with E-state index in [4.69, 9.17) is 21.5 Å². The van der Waals surface area contributed by atoms with Crippen LogP contribution in [0.5, 0.6) is 0 Å². The first-order chi connectivity index (χ1) is 19.2. The van der Waals surface area contributed by atoms with Crippen molar-refractivity contribution < 1.29 is 36.3 Å². The molecule has 41 heavy (non-hydrogen) atoms. The van der Waals surface area contributed by atoms with E-state index in [9.17, 15) is 26.4 Å². The molecule has 0 radical (unpaired) electrons. The Balaban J connectivity index is 0.000000587. The smallest absolute Gasteiger partial charge is 0.475 e. The standard InChI is InChI=1S/C22H24ClN7O3S.C2HF3O2/c1-34(32,33)26-10-9-24-22(31)29-19-8-7-17-12-15(19)6-5-14-3-2-4-16(11-14)28-21-25-13-18(23)20(27-17)30-21;3-2(4,5)1(6)7/h2-4,7-8,11-13,26H,5-6,9-10H2,1H3,(H2,24,29,31)(H2,25,27,28,30);(H,6,7). The van der Waals surface area contributed by atoms with Crippen LogP contribution < -0.4 is 26.0 Å². The van der Waals surface area contributed by atoms with Gasteiger partial charge in [-0.15, -0.1) is 0 Å². The average molecular weight is 616 g/mol. The quantitative estimate of drug-likeness (QED) is 0.232. The topological polar surface area (TPSA) is 174 Å². The van der Waals surface area contributed by atoms with Gasteiger partial charge in [0, 0.05) is 30.2 Å². The van der Waals surface area contributed by atoms with Crippen LogP contribution in [0.4, 0.5) is 46.8 Å². The van der Waals surface area contributed by atoms with E-state index < -0.39 is 28.2 Å². The lowest BCUT2D eigenvalue weighted by Gasteiger charge is -2.15. The molecule has 4 rings (SSSR count). The van der Waals surface area contributed by atoms with Crippen LogP contribution in [0.1, 0.15) is 11.1 Å².